The Labute approximate surface area is 202 Å². The Morgan fingerprint density at radius 1 is 1.00 bits per heavy atom. The molecule has 9 nitrogen and oxygen atoms in total. The van der Waals surface area contributed by atoms with Gasteiger partial charge < -0.3 is 25.0 Å². The average Bonchev–Trinajstić information content (AvgIpc) is 2.67. The van der Waals surface area contributed by atoms with E-state index in [0.717, 1.165) is 11.1 Å². The summed E-state index contributed by atoms with van der Waals surface area (Å²) in [5.74, 6) is -1.27. The Morgan fingerprint density at radius 3 is 2.09 bits per heavy atom. The molecule has 0 saturated carbocycles. The quantitative estimate of drug-likeness (QED) is 0.501. The second-order valence-corrected chi connectivity index (χ2v) is 9.42. The zero-order valence-corrected chi connectivity index (χ0v) is 21.6. The summed E-state index contributed by atoms with van der Waals surface area (Å²) in [6.07, 6.45) is -0.694. The number of esters is 1. The smallest absolute Gasteiger partial charge is 0.408 e. The van der Waals surface area contributed by atoms with Crippen LogP contribution >= 0.6 is 0 Å². The maximum atomic E-state index is 13.3. The molecule has 1 rings (SSSR count). The zero-order chi connectivity index (χ0) is 26.1. The molecule has 0 spiro atoms. The molecule has 0 radical (unpaired) electrons. The number of nitrogens with one attached hydrogen (secondary N) is 2. The minimum Gasteiger partial charge on any atom is -0.466 e. The average molecular weight is 478 g/mol. The van der Waals surface area contributed by atoms with Crippen LogP contribution in [0, 0.1) is 13.8 Å². The van der Waals surface area contributed by atoms with Crippen molar-refractivity contribution in [3.63, 3.8) is 0 Å². The first-order chi connectivity index (χ1) is 15.7. The second-order valence-electron chi connectivity index (χ2n) is 9.42. The van der Waals surface area contributed by atoms with Gasteiger partial charge in [-0.3, -0.25) is 14.4 Å². The summed E-state index contributed by atoms with van der Waals surface area (Å²) in [5, 5.41) is 5.22. The van der Waals surface area contributed by atoms with Gasteiger partial charge in [0.2, 0.25) is 11.8 Å². The van der Waals surface area contributed by atoms with Crippen LogP contribution in [0.1, 0.15) is 70.7 Å². The van der Waals surface area contributed by atoms with Gasteiger partial charge in [-0.15, -0.1) is 0 Å². The van der Waals surface area contributed by atoms with Crippen LogP contribution in [0.2, 0.25) is 0 Å². The topological polar surface area (TPSA) is 114 Å². The van der Waals surface area contributed by atoms with E-state index < -0.39 is 35.5 Å². The van der Waals surface area contributed by atoms with Crippen LogP contribution in [-0.2, 0) is 23.9 Å². The number of benzene rings is 1. The van der Waals surface area contributed by atoms with Crippen molar-refractivity contribution in [3.8, 4) is 0 Å². The summed E-state index contributed by atoms with van der Waals surface area (Å²) in [5.41, 5.74) is 1.83. The first-order valence-electron chi connectivity index (χ1n) is 11.5. The highest BCUT2D eigenvalue weighted by atomic mass is 16.6. The third-order valence-corrected chi connectivity index (χ3v) is 4.65. The molecule has 0 aromatic heterocycles. The lowest BCUT2D eigenvalue weighted by Crippen LogP contribution is -2.50. The van der Waals surface area contributed by atoms with E-state index >= 15 is 0 Å². The Morgan fingerprint density at radius 2 is 1.59 bits per heavy atom. The van der Waals surface area contributed by atoms with Crippen LogP contribution in [0.25, 0.3) is 0 Å². The molecular formula is C25H39N3O6. The fourth-order valence-electron chi connectivity index (χ4n) is 3.51. The van der Waals surface area contributed by atoms with E-state index in [4.69, 9.17) is 9.47 Å². The third-order valence-electron chi connectivity index (χ3n) is 4.65. The van der Waals surface area contributed by atoms with Crippen LogP contribution in [0.5, 0.6) is 0 Å². The van der Waals surface area contributed by atoms with Crippen LogP contribution in [-0.4, -0.2) is 60.1 Å². The molecule has 0 bridgehead atoms. The predicted octanol–water partition coefficient (Wildman–Crippen LogP) is 3.18. The highest BCUT2D eigenvalue weighted by Gasteiger charge is 2.33. The van der Waals surface area contributed by atoms with E-state index in [2.05, 4.69) is 10.6 Å². The minimum absolute atomic E-state index is 0.0228. The lowest BCUT2D eigenvalue weighted by Gasteiger charge is -2.35. The van der Waals surface area contributed by atoms with Gasteiger partial charge in [-0.05, 0) is 61.0 Å². The van der Waals surface area contributed by atoms with Crippen molar-refractivity contribution in [2.24, 2.45) is 0 Å². The van der Waals surface area contributed by atoms with E-state index in [0.29, 0.717) is 5.56 Å². The second kappa shape index (κ2) is 13.0. The molecule has 0 aliphatic carbocycles. The van der Waals surface area contributed by atoms with Crippen LogP contribution in [0.15, 0.2) is 18.2 Å². The number of nitrogens with zero attached hydrogens (tertiary/aromatic N) is 1. The Bertz CT molecular complexity index is 856. The van der Waals surface area contributed by atoms with Gasteiger partial charge in [-0.1, -0.05) is 29.3 Å². The maximum absolute atomic E-state index is 13.3. The van der Waals surface area contributed by atoms with Crippen molar-refractivity contribution in [2.75, 3.05) is 19.7 Å². The standard InChI is InChI=1S/C25H39N3O6/c1-9-33-21(30)10-11-26-23(31)22(19-13-17(4)12-18(5)14-19)28(16(2)3)20(29)15-27-24(32)34-25(6,7)8/h12-14,16,22H,9-11,15H2,1-8H3,(H,26,31)(H,27,32). The number of hydrogen-bond donors (Lipinski definition) is 2. The molecule has 1 aromatic carbocycles. The minimum atomic E-state index is -0.950. The maximum Gasteiger partial charge on any atom is 0.408 e. The summed E-state index contributed by atoms with van der Waals surface area (Å²) in [7, 11) is 0. The number of carbonyl (C=O) groups excluding carboxylic acids is 4. The number of aryl methyl sites for hydroxylation is 2. The largest absolute Gasteiger partial charge is 0.466 e. The number of carbonyl (C=O) groups is 4. The van der Waals surface area contributed by atoms with E-state index in [1.807, 2.05) is 32.0 Å². The van der Waals surface area contributed by atoms with Crippen LogP contribution in [0.3, 0.4) is 0 Å². The number of amides is 3. The summed E-state index contributed by atoms with van der Waals surface area (Å²) in [6.45, 7) is 14.3. The van der Waals surface area contributed by atoms with Gasteiger partial charge >= 0.3 is 12.1 Å². The fraction of sp³-hybridized carbons (Fsp3) is 0.600. The van der Waals surface area contributed by atoms with Crippen molar-refractivity contribution in [2.45, 2.75) is 79.5 Å². The summed E-state index contributed by atoms with van der Waals surface area (Å²) in [6, 6.07) is 4.38. The number of rotatable bonds is 10. The molecule has 0 heterocycles. The molecule has 0 saturated heterocycles. The van der Waals surface area contributed by atoms with Crippen molar-refractivity contribution in [1.29, 1.82) is 0 Å². The van der Waals surface area contributed by atoms with E-state index in [9.17, 15) is 19.2 Å². The number of ether oxygens (including phenoxy) is 2. The highest BCUT2D eigenvalue weighted by Crippen LogP contribution is 2.26. The van der Waals surface area contributed by atoms with E-state index in [1.165, 1.54) is 4.90 Å². The van der Waals surface area contributed by atoms with Crippen molar-refractivity contribution in [1.82, 2.24) is 15.5 Å². The molecule has 3 amide bonds. The van der Waals surface area contributed by atoms with Crippen molar-refractivity contribution < 1.29 is 28.7 Å². The SMILES string of the molecule is CCOC(=O)CCNC(=O)C(c1cc(C)cc(C)c1)N(C(=O)CNC(=O)OC(C)(C)C)C(C)C. The first-order valence-corrected chi connectivity index (χ1v) is 11.5. The van der Waals surface area contributed by atoms with Crippen LogP contribution in [0.4, 0.5) is 4.79 Å². The molecule has 0 aliphatic heterocycles. The lowest BCUT2D eigenvalue weighted by atomic mass is 9.98. The molecule has 190 valence electrons. The predicted molar refractivity (Wildman–Crippen MR) is 129 cm³/mol. The van der Waals surface area contributed by atoms with Gasteiger partial charge in [0.25, 0.3) is 0 Å². The van der Waals surface area contributed by atoms with Gasteiger partial charge in [-0.2, -0.15) is 0 Å². The van der Waals surface area contributed by atoms with E-state index in [-0.39, 0.29) is 32.2 Å². The Balaban J connectivity index is 3.16. The van der Waals surface area contributed by atoms with Gasteiger partial charge in [0.15, 0.2) is 0 Å². The lowest BCUT2D eigenvalue weighted by molar-refractivity contribution is -0.144. The normalized spacial score (nSPS) is 12.0. The third kappa shape index (κ3) is 9.80. The molecule has 1 atom stereocenters. The highest BCUT2D eigenvalue weighted by molar-refractivity contribution is 5.91. The van der Waals surface area contributed by atoms with Gasteiger partial charge in [0.1, 0.15) is 18.2 Å². The Hall–Kier alpha value is -3.10. The van der Waals surface area contributed by atoms with Crippen LogP contribution < -0.4 is 10.6 Å². The van der Waals surface area contributed by atoms with Crippen molar-refractivity contribution in [3.05, 3.63) is 34.9 Å². The molecule has 2 N–H and O–H groups in total. The molecular weight excluding hydrogens is 438 g/mol. The number of alkyl carbamates (subject to hydrolysis) is 1. The summed E-state index contributed by atoms with van der Waals surface area (Å²) in [4.78, 5) is 51.7. The first kappa shape index (κ1) is 28.9. The molecule has 1 unspecified atom stereocenters. The summed E-state index contributed by atoms with van der Waals surface area (Å²) < 4.78 is 10.1. The molecule has 34 heavy (non-hydrogen) atoms. The zero-order valence-electron chi connectivity index (χ0n) is 21.6. The fourth-order valence-corrected chi connectivity index (χ4v) is 3.51. The summed E-state index contributed by atoms with van der Waals surface area (Å²) >= 11 is 0. The van der Waals surface area contributed by atoms with Gasteiger partial charge in [0, 0.05) is 12.6 Å². The Kier molecular flexibility index (Phi) is 11.0. The molecule has 0 fully saturated rings. The number of hydrogen-bond acceptors (Lipinski definition) is 6. The molecule has 1 aromatic rings. The molecule has 0 aliphatic rings. The van der Waals surface area contributed by atoms with Gasteiger partial charge in [-0.25, -0.2) is 4.79 Å². The van der Waals surface area contributed by atoms with Crippen molar-refractivity contribution >= 4 is 23.9 Å². The molecule has 9 heteroatoms. The van der Waals surface area contributed by atoms with Gasteiger partial charge in [0.05, 0.1) is 13.0 Å². The monoisotopic (exact) mass is 477 g/mol. The van der Waals surface area contributed by atoms with E-state index in [1.54, 1.807) is 41.5 Å².